The van der Waals surface area contributed by atoms with E-state index in [1.807, 2.05) is 0 Å². The molecule has 0 aromatic heterocycles. The van der Waals surface area contributed by atoms with E-state index >= 15 is 0 Å². The maximum Gasteiger partial charge on any atom is 0.303 e. The van der Waals surface area contributed by atoms with Gasteiger partial charge in [0.25, 0.3) is 5.78 Å². The van der Waals surface area contributed by atoms with Crippen molar-refractivity contribution in [3.8, 4) is 0 Å². The summed E-state index contributed by atoms with van der Waals surface area (Å²) in [4.78, 5) is 59.6. The summed E-state index contributed by atoms with van der Waals surface area (Å²) < 4.78 is 38.0. The van der Waals surface area contributed by atoms with Crippen molar-refractivity contribution in [1.29, 1.82) is 0 Å². The van der Waals surface area contributed by atoms with E-state index in [0.717, 1.165) is 27.7 Å². The molecule has 0 spiro atoms. The maximum atomic E-state index is 12.8. The van der Waals surface area contributed by atoms with E-state index in [0.29, 0.717) is 5.57 Å². The summed E-state index contributed by atoms with van der Waals surface area (Å²) in [6.07, 6.45) is -6.91. The van der Waals surface area contributed by atoms with Crippen LogP contribution in [0.15, 0.2) is 22.9 Å². The average molecular weight is 484 g/mol. The monoisotopic (exact) mass is 484 g/mol. The summed E-state index contributed by atoms with van der Waals surface area (Å²) in [5.74, 6) is -3.56. The molecule has 0 N–H and O–H groups in total. The molecule has 188 valence electrons. The quantitative estimate of drug-likeness (QED) is 0.290. The summed E-state index contributed by atoms with van der Waals surface area (Å²) >= 11 is 0. The number of rotatable bonds is 7. The minimum absolute atomic E-state index is 0.0677. The van der Waals surface area contributed by atoms with E-state index in [2.05, 4.69) is 0 Å². The van der Waals surface area contributed by atoms with Gasteiger partial charge in [0.05, 0.1) is 0 Å². The lowest BCUT2D eigenvalue weighted by Gasteiger charge is -2.43. The molecule has 0 amide bonds. The summed E-state index contributed by atoms with van der Waals surface area (Å²) in [5.41, 5.74) is 0.601. The van der Waals surface area contributed by atoms with Gasteiger partial charge in [-0.15, -0.1) is 0 Å². The van der Waals surface area contributed by atoms with E-state index in [4.69, 9.17) is 33.2 Å². The first kappa shape index (κ1) is 26.8. The molecule has 0 aliphatic carbocycles. The largest absolute Gasteiger partial charge is 0.463 e. The molecule has 2 aliphatic rings. The maximum absolute atomic E-state index is 12.8. The number of Topliss-reactive ketones (excluding diaryl/α,β-unsaturated/α-hetero) is 1. The van der Waals surface area contributed by atoms with Crippen molar-refractivity contribution in [3.05, 3.63) is 22.9 Å². The number of ether oxygens (including phenoxy) is 7. The van der Waals surface area contributed by atoms with Gasteiger partial charge < -0.3 is 33.2 Å². The Balaban J connectivity index is 2.50. The lowest BCUT2D eigenvalue weighted by Crippen LogP contribution is -2.63. The average Bonchev–Trinajstić information content (AvgIpc) is 2.98. The predicted molar refractivity (Wildman–Crippen MR) is 110 cm³/mol. The van der Waals surface area contributed by atoms with Gasteiger partial charge >= 0.3 is 23.9 Å². The third kappa shape index (κ3) is 6.56. The second kappa shape index (κ2) is 11.1. The van der Waals surface area contributed by atoms with Crippen LogP contribution in [0.3, 0.4) is 0 Å². The van der Waals surface area contributed by atoms with Crippen molar-refractivity contribution < 1.29 is 57.1 Å². The fourth-order valence-corrected chi connectivity index (χ4v) is 3.37. The van der Waals surface area contributed by atoms with Crippen LogP contribution in [-0.4, -0.2) is 67.0 Å². The van der Waals surface area contributed by atoms with Crippen LogP contribution in [-0.2, 0) is 57.1 Å². The SMILES string of the molecule is CC(=O)OC[C@H]1O[C@@H](OC2=C(C)OC(=C(C)C)C2=O)[C@H](OC(C)=O)[C@@H](OC(C)=O)[C@@H]1OC(C)=O. The van der Waals surface area contributed by atoms with E-state index in [1.165, 1.54) is 6.92 Å². The van der Waals surface area contributed by atoms with Crippen molar-refractivity contribution in [2.45, 2.75) is 79.2 Å². The number of allylic oxidation sites excluding steroid dienone is 2. The minimum atomic E-state index is -1.52. The third-order valence-corrected chi connectivity index (χ3v) is 4.62. The minimum Gasteiger partial charge on any atom is -0.463 e. The standard InChI is InChI=1S/C22H28O12/c1-9(2)17-16(27)18(10(3)29-17)34-22-21(32-14(7)26)20(31-13(6)25)19(30-12(5)24)15(33-22)8-28-11(4)23/h15,19-22H,8H2,1-7H3/t15-,19-,20+,21-,22+/m1/s1. The zero-order valence-electron chi connectivity index (χ0n) is 20.0. The second-order valence-corrected chi connectivity index (χ2v) is 7.83. The lowest BCUT2D eigenvalue weighted by molar-refractivity contribution is -0.299. The number of hydrogen-bond donors (Lipinski definition) is 0. The highest BCUT2D eigenvalue weighted by Crippen LogP contribution is 2.34. The number of carbonyl (C=O) groups excluding carboxylic acids is 5. The van der Waals surface area contributed by atoms with Crippen molar-refractivity contribution in [1.82, 2.24) is 0 Å². The van der Waals surface area contributed by atoms with Crippen LogP contribution in [0.2, 0.25) is 0 Å². The Kier molecular flexibility index (Phi) is 8.80. The van der Waals surface area contributed by atoms with Crippen LogP contribution >= 0.6 is 0 Å². The fraction of sp³-hybridized carbons (Fsp3) is 0.591. The number of carbonyl (C=O) groups is 5. The molecule has 12 nitrogen and oxygen atoms in total. The Morgan fingerprint density at radius 1 is 0.794 bits per heavy atom. The van der Waals surface area contributed by atoms with Gasteiger partial charge in [0, 0.05) is 27.7 Å². The van der Waals surface area contributed by atoms with Gasteiger partial charge in [-0.05, 0) is 26.3 Å². The van der Waals surface area contributed by atoms with Crippen LogP contribution in [0.1, 0.15) is 48.5 Å². The highest BCUT2D eigenvalue weighted by Gasteiger charge is 2.54. The van der Waals surface area contributed by atoms with Gasteiger partial charge in [-0.1, -0.05) is 0 Å². The molecule has 5 atom stereocenters. The van der Waals surface area contributed by atoms with Gasteiger partial charge in [-0.3, -0.25) is 24.0 Å². The number of ketones is 1. The molecular weight excluding hydrogens is 456 g/mol. The van der Waals surface area contributed by atoms with Crippen LogP contribution in [0, 0.1) is 0 Å². The first-order valence-corrected chi connectivity index (χ1v) is 10.4. The van der Waals surface area contributed by atoms with E-state index in [-0.39, 0.29) is 17.3 Å². The molecule has 1 saturated heterocycles. The molecule has 2 aliphatic heterocycles. The van der Waals surface area contributed by atoms with Crippen LogP contribution in [0.25, 0.3) is 0 Å². The fourth-order valence-electron chi connectivity index (χ4n) is 3.37. The Labute approximate surface area is 196 Å². The molecule has 12 heteroatoms. The van der Waals surface area contributed by atoms with Gasteiger partial charge in [-0.25, -0.2) is 0 Å². The third-order valence-electron chi connectivity index (χ3n) is 4.62. The summed E-state index contributed by atoms with van der Waals surface area (Å²) in [7, 11) is 0. The molecule has 0 saturated carbocycles. The summed E-state index contributed by atoms with van der Waals surface area (Å²) in [6.45, 7) is 8.91. The van der Waals surface area contributed by atoms with E-state index in [9.17, 15) is 24.0 Å². The zero-order chi connectivity index (χ0) is 25.7. The van der Waals surface area contributed by atoms with Crippen LogP contribution < -0.4 is 0 Å². The highest BCUT2D eigenvalue weighted by atomic mass is 16.7. The Morgan fingerprint density at radius 2 is 1.32 bits per heavy atom. The van der Waals surface area contributed by atoms with Crippen molar-refractivity contribution in [3.63, 3.8) is 0 Å². The van der Waals surface area contributed by atoms with Crippen molar-refractivity contribution >= 4 is 29.7 Å². The normalized spacial score (nSPS) is 26.4. The summed E-state index contributed by atoms with van der Waals surface area (Å²) in [5, 5.41) is 0. The predicted octanol–water partition coefficient (Wildman–Crippen LogP) is 1.21. The first-order valence-electron chi connectivity index (χ1n) is 10.4. The second-order valence-electron chi connectivity index (χ2n) is 7.83. The Bertz CT molecular complexity index is 926. The number of esters is 4. The molecule has 34 heavy (non-hydrogen) atoms. The molecule has 0 aromatic rings. The molecule has 0 radical (unpaired) electrons. The zero-order valence-corrected chi connectivity index (χ0v) is 20.0. The van der Waals surface area contributed by atoms with Gasteiger partial charge in [-0.2, -0.15) is 0 Å². The van der Waals surface area contributed by atoms with Gasteiger partial charge in [0.15, 0.2) is 18.0 Å². The Morgan fingerprint density at radius 3 is 1.79 bits per heavy atom. The van der Waals surface area contributed by atoms with Crippen LogP contribution in [0.5, 0.6) is 0 Å². The molecule has 2 rings (SSSR count). The smallest absolute Gasteiger partial charge is 0.303 e. The lowest BCUT2D eigenvalue weighted by atomic mass is 9.98. The Hall–Kier alpha value is -3.41. The van der Waals surface area contributed by atoms with E-state index in [1.54, 1.807) is 13.8 Å². The highest BCUT2D eigenvalue weighted by molar-refractivity contribution is 6.08. The molecule has 1 fully saturated rings. The van der Waals surface area contributed by atoms with Crippen molar-refractivity contribution in [2.24, 2.45) is 0 Å². The van der Waals surface area contributed by atoms with E-state index < -0.39 is 67.0 Å². The van der Waals surface area contributed by atoms with Gasteiger partial charge in [0.1, 0.15) is 18.5 Å². The topological polar surface area (TPSA) is 150 Å². The summed E-state index contributed by atoms with van der Waals surface area (Å²) in [6, 6.07) is 0. The molecule has 0 aromatic carbocycles. The molecule has 2 heterocycles. The number of hydrogen-bond acceptors (Lipinski definition) is 12. The van der Waals surface area contributed by atoms with Crippen molar-refractivity contribution in [2.75, 3.05) is 6.61 Å². The molecular formula is C22H28O12. The molecule has 0 bridgehead atoms. The van der Waals surface area contributed by atoms with Gasteiger partial charge in [0.2, 0.25) is 18.2 Å². The van der Waals surface area contributed by atoms with Crippen LogP contribution in [0.4, 0.5) is 0 Å². The first-order chi connectivity index (χ1) is 15.8. The molecule has 0 unspecified atom stereocenters.